The highest BCUT2D eigenvalue weighted by molar-refractivity contribution is 7.12. The number of anilines is 3. The van der Waals surface area contributed by atoms with Crippen LogP contribution in [0.1, 0.15) is 0 Å². The Morgan fingerprint density at radius 3 is 1.41 bits per heavy atom. The molecule has 49 heavy (non-hydrogen) atoms. The molecular formula is C44H29B2NO2. The number of fused-ring (bicyclic) bond motifs is 7. The van der Waals surface area contributed by atoms with Crippen molar-refractivity contribution in [2.24, 2.45) is 0 Å². The molecule has 1 aliphatic heterocycles. The molecule has 0 saturated heterocycles. The van der Waals surface area contributed by atoms with Gasteiger partial charge in [0.25, 0.3) is 13.4 Å². The van der Waals surface area contributed by atoms with Gasteiger partial charge in [0.05, 0.1) is 11.3 Å². The fraction of sp³-hybridized carbons (Fsp3) is 0. The molecule has 3 heterocycles. The van der Waals surface area contributed by atoms with Crippen LogP contribution in [0.25, 0.3) is 32.7 Å². The molecule has 10 rings (SSSR count). The molecule has 0 N–H and O–H groups in total. The molecule has 0 amide bonds. The Hall–Kier alpha value is -6.19. The van der Waals surface area contributed by atoms with E-state index in [9.17, 15) is 0 Å². The van der Waals surface area contributed by atoms with Gasteiger partial charge in [0, 0.05) is 27.8 Å². The smallest absolute Gasteiger partial charge is 0.290 e. The molecule has 0 unspecified atom stereocenters. The van der Waals surface area contributed by atoms with Crippen molar-refractivity contribution in [3.8, 4) is 0 Å². The normalized spacial score (nSPS) is 12.4. The summed E-state index contributed by atoms with van der Waals surface area (Å²) in [5.41, 5.74) is 11.8. The average Bonchev–Trinajstić information content (AvgIpc) is 3.74. The van der Waals surface area contributed by atoms with E-state index in [-0.39, 0.29) is 13.4 Å². The van der Waals surface area contributed by atoms with Crippen LogP contribution in [0.5, 0.6) is 0 Å². The number of hydrogen-bond donors (Lipinski definition) is 0. The Balaban J connectivity index is 1.19. The van der Waals surface area contributed by atoms with Crippen LogP contribution in [0, 0.1) is 0 Å². The summed E-state index contributed by atoms with van der Waals surface area (Å²) in [4.78, 5) is 2.30. The minimum Gasteiger partial charge on any atom is -0.471 e. The van der Waals surface area contributed by atoms with E-state index in [0.29, 0.717) is 0 Å². The average molecular weight is 625 g/mol. The van der Waals surface area contributed by atoms with Gasteiger partial charge in [0.1, 0.15) is 11.2 Å². The summed E-state index contributed by atoms with van der Waals surface area (Å²) in [6, 6.07) is 62.3. The van der Waals surface area contributed by atoms with Gasteiger partial charge in [-0.2, -0.15) is 0 Å². The van der Waals surface area contributed by atoms with Crippen LogP contribution in [-0.4, -0.2) is 13.4 Å². The third kappa shape index (κ3) is 4.47. The highest BCUT2D eigenvalue weighted by Crippen LogP contribution is 2.33. The molecule has 9 aromatic rings. The van der Waals surface area contributed by atoms with Gasteiger partial charge in [-0.25, -0.2) is 0 Å². The number of nitrogens with zero attached hydrogens (tertiary/aromatic N) is 1. The fourth-order valence-electron chi connectivity index (χ4n) is 7.90. The Morgan fingerprint density at radius 1 is 0.367 bits per heavy atom. The fourth-order valence-corrected chi connectivity index (χ4v) is 7.90. The molecule has 228 valence electrons. The number of hydrogen-bond acceptors (Lipinski definition) is 3. The lowest BCUT2D eigenvalue weighted by Gasteiger charge is -2.27. The van der Waals surface area contributed by atoms with Crippen LogP contribution in [0.4, 0.5) is 17.1 Å². The Kier molecular flexibility index (Phi) is 6.38. The Labute approximate surface area is 285 Å². The van der Waals surface area contributed by atoms with Crippen LogP contribution >= 0.6 is 0 Å². The first-order valence-corrected chi connectivity index (χ1v) is 16.8. The molecule has 2 aromatic heterocycles. The standard InChI is InChI=1S/C44H29B2NO2/c1-3-15-34(16-4-1)47(35-17-5-2-6-18-35)36-27-25-32(26-28-36)45-41-37-19-9-11-21-39(37)49-44(41)46(33-24-23-30-13-7-8-14-31(30)29-33)42-38-20-10-12-22-40(38)48-43(42)45/h1-29H. The van der Waals surface area contributed by atoms with E-state index < -0.39 is 0 Å². The molecule has 0 spiro atoms. The first-order valence-electron chi connectivity index (χ1n) is 16.8. The number of rotatable bonds is 5. The van der Waals surface area contributed by atoms with Crippen molar-refractivity contribution in [2.75, 3.05) is 4.90 Å². The molecule has 0 bridgehead atoms. The number of para-hydroxylation sites is 4. The third-order valence-electron chi connectivity index (χ3n) is 10.0. The topological polar surface area (TPSA) is 29.5 Å². The van der Waals surface area contributed by atoms with Crippen molar-refractivity contribution < 1.29 is 8.83 Å². The largest absolute Gasteiger partial charge is 0.471 e. The van der Waals surface area contributed by atoms with Gasteiger partial charge in [-0.3, -0.25) is 0 Å². The van der Waals surface area contributed by atoms with Gasteiger partial charge in [-0.05, 0) is 70.2 Å². The van der Waals surface area contributed by atoms with Gasteiger partial charge in [0.2, 0.25) is 0 Å². The van der Waals surface area contributed by atoms with Crippen molar-refractivity contribution in [1.29, 1.82) is 0 Å². The van der Waals surface area contributed by atoms with Crippen LogP contribution in [0.2, 0.25) is 0 Å². The lowest BCUT2D eigenvalue weighted by molar-refractivity contribution is 0.647. The molecule has 3 nitrogen and oxygen atoms in total. The van der Waals surface area contributed by atoms with Gasteiger partial charge in [-0.15, -0.1) is 0 Å². The first-order chi connectivity index (χ1) is 24.3. The second kappa shape index (κ2) is 11.2. The summed E-state index contributed by atoms with van der Waals surface area (Å²) < 4.78 is 13.9. The third-order valence-corrected chi connectivity index (χ3v) is 10.0. The number of benzene rings is 7. The van der Waals surface area contributed by atoms with E-state index in [1.165, 1.54) is 27.2 Å². The second-order valence-electron chi connectivity index (χ2n) is 12.8. The molecule has 1 aliphatic rings. The van der Waals surface area contributed by atoms with Crippen LogP contribution in [-0.2, 0) is 0 Å². The van der Waals surface area contributed by atoms with Crippen molar-refractivity contribution in [2.45, 2.75) is 0 Å². The molecule has 0 saturated carbocycles. The highest BCUT2D eigenvalue weighted by atomic mass is 16.3. The molecular weight excluding hydrogens is 596 g/mol. The quantitative estimate of drug-likeness (QED) is 0.191. The molecule has 0 fully saturated rings. The van der Waals surface area contributed by atoms with Gasteiger partial charge < -0.3 is 13.7 Å². The summed E-state index contributed by atoms with van der Waals surface area (Å²) in [6.45, 7) is -0.262. The molecule has 7 aromatic carbocycles. The summed E-state index contributed by atoms with van der Waals surface area (Å²) >= 11 is 0. The van der Waals surface area contributed by atoms with Crippen molar-refractivity contribution in [3.63, 3.8) is 0 Å². The lowest BCUT2D eigenvalue weighted by Crippen LogP contribution is -2.73. The van der Waals surface area contributed by atoms with Gasteiger partial charge in [0.15, 0.2) is 0 Å². The Bertz CT molecular complexity index is 2580. The summed E-state index contributed by atoms with van der Waals surface area (Å²) in [5, 5.41) is 4.69. The van der Waals surface area contributed by atoms with Gasteiger partial charge in [-0.1, -0.05) is 138 Å². The first kappa shape index (κ1) is 27.9. The lowest BCUT2D eigenvalue weighted by atomic mass is 9.24. The van der Waals surface area contributed by atoms with Crippen LogP contribution in [0.15, 0.2) is 185 Å². The monoisotopic (exact) mass is 625 g/mol. The minimum absolute atomic E-state index is 0.118. The predicted molar refractivity (Wildman–Crippen MR) is 207 cm³/mol. The summed E-state index contributed by atoms with van der Waals surface area (Å²) in [6.07, 6.45) is 0. The van der Waals surface area contributed by atoms with E-state index in [4.69, 9.17) is 8.83 Å². The van der Waals surface area contributed by atoms with E-state index in [1.807, 2.05) is 0 Å². The van der Waals surface area contributed by atoms with Crippen LogP contribution < -0.4 is 38.1 Å². The van der Waals surface area contributed by atoms with E-state index in [2.05, 4.69) is 181 Å². The maximum Gasteiger partial charge on any atom is 0.290 e. The van der Waals surface area contributed by atoms with E-state index >= 15 is 0 Å². The SMILES string of the molecule is c1ccc(N(c2ccccc2)c2ccc(B3c4oc5ccccc5c4B(c4ccc5ccccc5c4)c4oc5ccccc5c43)cc2)cc1. The van der Waals surface area contributed by atoms with Crippen molar-refractivity contribution in [3.05, 3.63) is 176 Å². The highest BCUT2D eigenvalue weighted by Gasteiger charge is 2.46. The zero-order valence-electron chi connectivity index (χ0n) is 26.7. The predicted octanol–water partition coefficient (Wildman–Crippen LogP) is 7.15. The van der Waals surface area contributed by atoms with Gasteiger partial charge >= 0.3 is 0 Å². The molecule has 0 radical (unpaired) electrons. The zero-order chi connectivity index (χ0) is 32.3. The maximum absolute atomic E-state index is 6.94. The second-order valence-corrected chi connectivity index (χ2v) is 12.8. The van der Waals surface area contributed by atoms with Crippen molar-refractivity contribution in [1.82, 2.24) is 0 Å². The maximum atomic E-state index is 6.94. The van der Waals surface area contributed by atoms with Crippen molar-refractivity contribution >= 4 is 96.4 Å². The molecule has 5 heteroatoms. The van der Waals surface area contributed by atoms with E-state index in [1.54, 1.807) is 0 Å². The van der Waals surface area contributed by atoms with Crippen LogP contribution in [0.3, 0.4) is 0 Å². The molecule has 0 atom stereocenters. The zero-order valence-corrected chi connectivity index (χ0v) is 26.7. The summed E-state index contributed by atoms with van der Waals surface area (Å²) in [7, 11) is 0. The molecule has 0 aliphatic carbocycles. The van der Waals surface area contributed by atoms with E-state index in [0.717, 1.165) is 55.8 Å². The summed E-state index contributed by atoms with van der Waals surface area (Å²) in [5.74, 6) is 0. The minimum atomic E-state index is -0.145. The Morgan fingerprint density at radius 2 is 0.816 bits per heavy atom. The number of furan rings is 2.